The van der Waals surface area contributed by atoms with Crippen molar-refractivity contribution < 1.29 is 18.0 Å². The van der Waals surface area contributed by atoms with Gasteiger partial charge in [0.15, 0.2) is 11.5 Å². The maximum Gasteiger partial charge on any atom is 0.434 e. The van der Waals surface area contributed by atoms with Crippen LogP contribution in [0.1, 0.15) is 46.6 Å². The molecule has 8 nitrogen and oxygen atoms in total. The first-order valence-corrected chi connectivity index (χ1v) is 11.0. The van der Waals surface area contributed by atoms with Crippen LogP contribution in [0.3, 0.4) is 0 Å². The first-order valence-electron chi connectivity index (χ1n) is 11.0. The summed E-state index contributed by atoms with van der Waals surface area (Å²) in [6, 6.07) is 1.45. The molecule has 2 saturated heterocycles. The van der Waals surface area contributed by atoms with Crippen LogP contribution in [0.5, 0.6) is 0 Å². The highest BCUT2D eigenvalue weighted by Gasteiger charge is 2.49. The van der Waals surface area contributed by atoms with E-state index in [9.17, 15) is 18.0 Å². The van der Waals surface area contributed by atoms with Gasteiger partial charge in [-0.2, -0.15) is 13.2 Å². The lowest BCUT2D eigenvalue weighted by Crippen LogP contribution is -2.40. The van der Waals surface area contributed by atoms with Crippen molar-refractivity contribution >= 4 is 11.7 Å². The Morgan fingerprint density at radius 2 is 1.79 bits per heavy atom. The van der Waals surface area contributed by atoms with Crippen molar-refractivity contribution in [1.82, 2.24) is 29.8 Å². The van der Waals surface area contributed by atoms with Crippen LogP contribution in [0.4, 0.5) is 19.0 Å². The van der Waals surface area contributed by atoms with Gasteiger partial charge in [-0.25, -0.2) is 19.9 Å². The van der Waals surface area contributed by atoms with E-state index in [1.54, 1.807) is 24.7 Å². The van der Waals surface area contributed by atoms with Crippen molar-refractivity contribution in [2.75, 3.05) is 5.32 Å². The maximum atomic E-state index is 13.7. The lowest BCUT2D eigenvalue weighted by molar-refractivity contribution is -0.141. The van der Waals surface area contributed by atoms with Crippen LogP contribution < -0.4 is 5.32 Å². The summed E-state index contributed by atoms with van der Waals surface area (Å²) in [4.78, 5) is 36.1. The number of aromatic nitrogens is 5. The van der Waals surface area contributed by atoms with Crippen LogP contribution in [0.2, 0.25) is 0 Å². The van der Waals surface area contributed by atoms with Crippen molar-refractivity contribution in [1.29, 1.82) is 0 Å². The van der Waals surface area contributed by atoms with Gasteiger partial charge >= 0.3 is 6.18 Å². The van der Waals surface area contributed by atoms with E-state index in [-0.39, 0.29) is 29.9 Å². The molecule has 0 radical (unpaired) electrons. The minimum Gasteiger partial charge on any atom is -0.364 e. The van der Waals surface area contributed by atoms with E-state index in [0.717, 1.165) is 30.2 Å². The number of halogens is 3. The first kappa shape index (κ1) is 22.2. The standard InChI is InChI=1S/C23H22F3N7O/c1-12-9-31-20(19(13(12)2)21-27-6-3-7-28-21)22(34)33-14-4-5-16(33)15(8-14)32-18-11-29-17(10-30-18)23(24,25)26/h3,6-7,9-11,14-16H,4-5,8H2,1-2H3,(H,30,32). The van der Waals surface area contributed by atoms with E-state index in [1.807, 2.05) is 18.7 Å². The van der Waals surface area contributed by atoms with Crippen LogP contribution in [0, 0.1) is 13.8 Å². The van der Waals surface area contributed by atoms with E-state index in [1.165, 1.54) is 0 Å². The zero-order valence-corrected chi connectivity index (χ0v) is 18.5. The van der Waals surface area contributed by atoms with Crippen LogP contribution in [0.15, 0.2) is 37.1 Å². The summed E-state index contributed by atoms with van der Waals surface area (Å²) in [5.41, 5.74) is 1.71. The lowest BCUT2D eigenvalue weighted by atomic mass is 9.95. The molecule has 3 atom stereocenters. The SMILES string of the molecule is Cc1cnc(C(=O)N2C3CCC2C(Nc2cnc(C(F)(F)F)cn2)C3)c(-c2ncccn2)c1C. The molecule has 34 heavy (non-hydrogen) atoms. The van der Waals surface area contributed by atoms with Crippen LogP contribution in [0.25, 0.3) is 11.4 Å². The lowest BCUT2D eigenvalue weighted by Gasteiger charge is -2.26. The molecule has 3 aromatic rings. The number of nitrogens with one attached hydrogen (secondary N) is 1. The summed E-state index contributed by atoms with van der Waals surface area (Å²) < 4.78 is 38.3. The Kier molecular flexibility index (Phi) is 5.41. The predicted octanol–water partition coefficient (Wildman–Crippen LogP) is 3.82. The first-order chi connectivity index (χ1) is 16.2. The second kappa shape index (κ2) is 8.30. The average Bonchev–Trinajstić information content (AvgIpc) is 3.38. The highest BCUT2D eigenvalue weighted by Crippen LogP contribution is 2.41. The molecule has 2 bridgehead atoms. The highest BCUT2D eigenvalue weighted by molar-refractivity contribution is 5.99. The molecule has 2 aliphatic rings. The summed E-state index contributed by atoms with van der Waals surface area (Å²) >= 11 is 0. The number of rotatable bonds is 4. The number of amides is 1. The Balaban J connectivity index is 1.41. The topological polar surface area (TPSA) is 96.8 Å². The predicted molar refractivity (Wildman–Crippen MR) is 117 cm³/mol. The Morgan fingerprint density at radius 1 is 1.03 bits per heavy atom. The van der Waals surface area contributed by atoms with Crippen LogP contribution in [-0.4, -0.2) is 53.9 Å². The summed E-state index contributed by atoms with van der Waals surface area (Å²) in [5, 5.41) is 3.17. The molecule has 176 valence electrons. The van der Waals surface area contributed by atoms with Crippen molar-refractivity contribution in [3.05, 3.63) is 59.6 Å². The summed E-state index contributed by atoms with van der Waals surface area (Å²) in [5.74, 6) is 0.502. The fraction of sp³-hybridized carbons (Fsp3) is 0.391. The van der Waals surface area contributed by atoms with Gasteiger partial charge in [0.2, 0.25) is 0 Å². The van der Waals surface area contributed by atoms with Crippen molar-refractivity contribution in [2.24, 2.45) is 0 Å². The van der Waals surface area contributed by atoms with E-state index in [0.29, 0.717) is 29.7 Å². The number of hydrogen-bond donors (Lipinski definition) is 1. The maximum absolute atomic E-state index is 13.7. The summed E-state index contributed by atoms with van der Waals surface area (Å²) in [7, 11) is 0. The minimum atomic E-state index is -4.54. The Labute approximate surface area is 193 Å². The Hall–Kier alpha value is -3.63. The fourth-order valence-corrected chi connectivity index (χ4v) is 4.88. The third kappa shape index (κ3) is 3.84. The second-order valence-electron chi connectivity index (χ2n) is 8.64. The molecule has 3 aromatic heterocycles. The largest absolute Gasteiger partial charge is 0.434 e. The van der Waals surface area contributed by atoms with Gasteiger partial charge in [-0.05, 0) is 50.3 Å². The molecule has 1 N–H and O–H groups in total. The minimum absolute atomic E-state index is 0.00496. The average molecular weight is 469 g/mol. The number of alkyl halides is 3. The molecular formula is C23H22F3N7O. The van der Waals surface area contributed by atoms with Crippen LogP contribution in [-0.2, 0) is 6.18 Å². The fourth-order valence-electron chi connectivity index (χ4n) is 4.88. The molecule has 0 aliphatic carbocycles. The smallest absolute Gasteiger partial charge is 0.364 e. The molecule has 0 aromatic carbocycles. The van der Waals surface area contributed by atoms with Gasteiger partial charge < -0.3 is 10.2 Å². The van der Waals surface area contributed by atoms with Gasteiger partial charge in [0, 0.05) is 24.6 Å². The van der Waals surface area contributed by atoms with Gasteiger partial charge in [0.05, 0.1) is 30.0 Å². The van der Waals surface area contributed by atoms with Gasteiger partial charge in [-0.3, -0.25) is 9.78 Å². The van der Waals surface area contributed by atoms with Crippen molar-refractivity contribution in [3.8, 4) is 11.4 Å². The molecule has 2 fully saturated rings. The van der Waals surface area contributed by atoms with Gasteiger partial charge in [0.25, 0.3) is 5.91 Å². The molecule has 1 amide bonds. The molecule has 11 heteroatoms. The third-order valence-corrected chi connectivity index (χ3v) is 6.63. The molecule has 0 saturated carbocycles. The van der Waals surface area contributed by atoms with Crippen molar-refractivity contribution in [2.45, 2.75) is 57.4 Å². The van der Waals surface area contributed by atoms with E-state index >= 15 is 0 Å². The number of fused-ring (bicyclic) bond motifs is 2. The van der Waals surface area contributed by atoms with E-state index < -0.39 is 11.9 Å². The van der Waals surface area contributed by atoms with Crippen molar-refractivity contribution in [3.63, 3.8) is 0 Å². The Morgan fingerprint density at radius 3 is 2.47 bits per heavy atom. The summed E-state index contributed by atoms with van der Waals surface area (Å²) in [6.07, 6.45) is 4.49. The zero-order chi connectivity index (χ0) is 24.0. The molecular weight excluding hydrogens is 447 g/mol. The number of pyridine rings is 1. The van der Waals surface area contributed by atoms with Gasteiger partial charge in [-0.15, -0.1) is 0 Å². The van der Waals surface area contributed by atoms with E-state index in [4.69, 9.17) is 0 Å². The quantitative estimate of drug-likeness (QED) is 0.620. The van der Waals surface area contributed by atoms with Gasteiger partial charge in [-0.1, -0.05) is 0 Å². The third-order valence-electron chi connectivity index (χ3n) is 6.63. The normalized spacial score (nSPS) is 21.7. The molecule has 5 rings (SSSR count). The number of hydrogen-bond acceptors (Lipinski definition) is 7. The van der Waals surface area contributed by atoms with Gasteiger partial charge in [0.1, 0.15) is 11.5 Å². The number of nitrogens with zero attached hydrogens (tertiary/aromatic N) is 6. The Bertz CT molecular complexity index is 1220. The summed E-state index contributed by atoms with van der Waals surface area (Å²) in [6.45, 7) is 3.85. The molecule has 2 aliphatic heterocycles. The number of anilines is 1. The van der Waals surface area contributed by atoms with Crippen LogP contribution >= 0.6 is 0 Å². The monoisotopic (exact) mass is 469 g/mol. The molecule has 3 unspecified atom stereocenters. The number of carbonyl (C=O) groups excluding carboxylic acids is 1. The molecule has 0 spiro atoms. The highest BCUT2D eigenvalue weighted by atomic mass is 19.4. The number of aryl methyl sites for hydroxylation is 1. The number of carbonyl (C=O) groups is 1. The zero-order valence-electron chi connectivity index (χ0n) is 18.5. The molecule has 5 heterocycles. The second-order valence-corrected chi connectivity index (χ2v) is 8.64. The van der Waals surface area contributed by atoms with E-state index in [2.05, 4.69) is 30.2 Å².